The van der Waals surface area contributed by atoms with Crippen LogP contribution in [-0.2, 0) is 10.8 Å². The van der Waals surface area contributed by atoms with Crippen LogP contribution in [0.5, 0.6) is 5.75 Å². The summed E-state index contributed by atoms with van der Waals surface area (Å²) in [4.78, 5) is 0. The molecule has 1 heterocycles. The molecule has 0 radical (unpaired) electrons. The van der Waals surface area contributed by atoms with Crippen LogP contribution in [0.3, 0.4) is 0 Å². The van der Waals surface area contributed by atoms with E-state index in [0.717, 1.165) is 33.3 Å². The Labute approximate surface area is 182 Å². The minimum atomic E-state index is -0.690. The highest BCUT2D eigenvalue weighted by Crippen LogP contribution is 2.42. The van der Waals surface area contributed by atoms with Crippen molar-refractivity contribution in [3.05, 3.63) is 82.9 Å². The van der Waals surface area contributed by atoms with E-state index in [0.29, 0.717) is 0 Å². The van der Waals surface area contributed by atoms with Gasteiger partial charge in [0, 0.05) is 10.9 Å². The fourth-order valence-corrected chi connectivity index (χ4v) is 4.93. The summed E-state index contributed by atoms with van der Waals surface area (Å²) in [6, 6.07) is 21.0. The maximum Gasteiger partial charge on any atom is 0.131 e. The van der Waals surface area contributed by atoms with E-state index >= 15 is 0 Å². The lowest BCUT2D eigenvalue weighted by Gasteiger charge is -2.28. The van der Waals surface area contributed by atoms with Crippen molar-refractivity contribution in [3.8, 4) is 16.9 Å². The van der Waals surface area contributed by atoms with Gasteiger partial charge in [-0.1, -0.05) is 96.1 Å². The fraction of sp³-hybridized carbons (Fsp3) is 0.333. The zero-order chi connectivity index (χ0) is 21.7. The van der Waals surface area contributed by atoms with Gasteiger partial charge in [-0.2, -0.15) is 0 Å². The Balaban J connectivity index is 1.85. The van der Waals surface area contributed by atoms with Crippen molar-refractivity contribution in [1.82, 2.24) is 0 Å². The van der Waals surface area contributed by atoms with E-state index in [1.807, 2.05) is 30.3 Å². The van der Waals surface area contributed by atoms with Gasteiger partial charge in [0.25, 0.3) is 0 Å². The molecule has 0 spiro atoms. The van der Waals surface area contributed by atoms with Crippen LogP contribution in [0.15, 0.2) is 60.7 Å². The predicted molar refractivity (Wildman–Crippen MR) is 128 cm³/mol. The molecule has 0 aromatic heterocycles. The van der Waals surface area contributed by atoms with E-state index in [2.05, 4.69) is 71.9 Å². The van der Waals surface area contributed by atoms with E-state index < -0.39 is 6.10 Å². The summed E-state index contributed by atoms with van der Waals surface area (Å²) in [5, 5.41) is 12.6. The highest BCUT2D eigenvalue weighted by molar-refractivity contribution is 7.43. The van der Waals surface area contributed by atoms with Crippen molar-refractivity contribution in [2.24, 2.45) is 0 Å². The average molecular weight is 419 g/mol. The second-order valence-corrected chi connectivity index (χ2v) is 11.1. The molecule has 0 bridgehead atoms. The van der Waals surface area contributed by atoms with Crippen LogP contribution in [0, 0.1) is 0 Å². The molecular formula is C27H31O2P. The first-order valence-corrected chi connectivity index (χ1v) is 11.5. The predicted octanol–water partition coefficient (Wildman–Crippen LogP) is 6.64. The minimum Gasteiger partial charge on any atom is -0.472 e. The van der Waals surface area contributed by atoms with Crippen LogP contribution in [0.4, 0.5) is 0 Å². The number of aliphatic hydroxyl groups excluding tert-OH is 1. The quantitative estimate of drug-likeness (QED) is 0.473. The van der Waals surface area contributed by atoms with Crippen molar-refractivity contribution in [3.63, 3.8) is 0 Å². The zero-order valence-corrected chi connectivity index (χ0v) is 19.7. The summed E-state index contributed by atoms with van der Waals surface area (Å²) in [6.07, 6.45) is -0.690. The molecule has 1 N–H and O–H groups in total. The van der Waals surface area contributed by atoms with Crippen LogP contribution in [0.25, 0.3) is 11.1 Å². The molecule has 2 nitrogen and oxygen atoms in total. The number of rotatable bonds is 2. The van der Waals surface area contributed by atoms with Gasteiger partial charge in [-0.15, -0.1) is 0 Å². The second kappa shape index (κ2) is 7.52. The first-order chi connectivity index (χ1) is 14.1. The Morgan fingerprint density at radius 1 is 0.767 bits per heavy atom. The van der Waals surface area contributed by atoms with Gasteiger partial charge in [0.05, 0.1) is 0 Å². The van der Waals surface area contributed by atoms with Gasteiger partial charge < -0.3 is 9.63 Å². The normalized spacial score (nSPS) is 15.3. The van der Waals surface area contributed by atoms with E-state index in [1.54, 1.807) is 0 Å². The maximum atomic E-state index is 11.5. The van der Waals surface area contributed by atoms with Gasteiger partial charge in [0.1, 0.15) is 20.7 Å². The van der Waals surface area contributed by atoms with Crippen LogP contribution in [0.2, 0.25) is 0 Å². The maximum absolute atomic E-state index is 11.5. The van der Waals surface area contributed by atoms with Gasteiger partial charge in [-0.25, -0.2) is 0 Å². The molecule has 2 unspecified atom stereocenters. The molecule has 0 saturated heterocycles. The van der Waals surface area contributed by atoms with Crippen LogP contribution < -0.4 is 9.83 Å². The van der Waals surface area contributed by atoms with Gasteiger partial charge in [-0.3, -0.25) is 0 Å². The third-order valence-electron chi connectivity index (χ3n) is 5.83. The number of hydrogen-bond donors (Lipinski definition) is 1. The number of aliphatic hydroxyl groups is 1. The summed E-state index contributed by atoms with van der Waals surface area (Å²) in [5.41, 5.74) is 6.66. The summed E-state index contributed by atoms with van der Waals surface area (Å²) in [6.45, 7) is 13.3. The standard InChI is InChI=1S/C27H31O2P/c1-26(2,3)18-14-17(15-19(16-18)27(4,5)6)24(28)22-12-9-11-21-20-10-7-8-13-23(20)29-30-25(21)22/h7-16,24,28,30H,1-6H3. The Bertz CT molecular complexity index is 1050. The molecular weight excluding hydrogens is 387 g/mol. The van der Waals surface area contributed by atoms with Gasteiger partial charge in [-0.05, 0) is 44.7 Å². The highest BCUT2D eigenvalue weighted by Gasteiger charge is 2.26. The lowest BCUT2D eigenvalue weighted by molar-refractivity contribution is 0.221. The molecule has 0 saturated carbocycles. The topological polar surface area (TPSA) is 29.5 Å². The molecule has 3 heteroatoms. The highest BCUT2D eigenvalue weighted by atomic mass is 31.1. The molecule has 3 aromatic rings. The van der Waals surface area contributed by atoms with Gasteiger partial charge >= 0.3 is 0 Å². The zero-order valence-electron chi connectivity index (χ0n) is 18.7. The smallest absolute Gasteiger partial charge is 0.131 e. The van der Waals surface area contributed by atoms with Crippen molar-refractivity contribution in [1.29, 1.82) is 0 Å². The molecule has 1 aliphatic heterocycles. The minimum absolute atomic E-state index is 0.00957. The number of benzene rings is 3. The Morgan fingerprint density at radius 3 is 2.00 bits per heavy atom. The van der Waals surface area contributed by atoms with E-state index in [4.69, 9.17) is 4.52 Å². The molecule has 156 valence electrons. The molecule has 0 aliphatic carbocycles. The third kappa shape index (κ3) is 3.92. The molecule has 2 atom stereocenters. The SMILES string of the molecule is CC(C)(C)c1cc(C(O)c2cccc3c2POc2ccccc2-3)cc(C(C)(C)C)c1. The molecule has 4 rings (SSSR count). The van der Waals surface area contributed by atoms with Crippen molar-refractivity contribution < 1.29 is 9.63 Å². The van der Waals surface area contributed by atoms with Crippen LogP contribution in [-0.4, -0.2) is 5.11 Å². The summed E-state index contributed by atoms with van der Waals surface area (Å²) < 4.78 is 6.05. The van der Waals surface area contributed by atoms with E-state index in [-0.39, 0.29) is 19.6 Å². The fourth-order valence-electron chi connectivity index (χ4n) is 3.88. The van der Waals surface area contributed by atoms with Gasteiger partial charge in [0.2, 0.25) is 0 Å². The van der Waals surface area contributed by atoms with Crippen LogP contribution in [0.1, 0.15) is 69.9 Å². The molecule has 0 fully saturated rings. The Morgan fingerprint density at radius 2 is 1.37 bits per heavy atom. The molecule has 3 aromatic carbocycles. The summed E-state index contributed by atoms with van der Waals surface area (Å²) in [5.74, 6) is 0.916. The Hall–Kier alpha value is -2.15. The van der Waals surface area contributed by atoms with Crippen LogP contribution >= 0.6 is 8.81 Å². The van der Waals surface area contributed by atoms with E-state index in [1.165, 1.54) is 11.1 Å². The third-order valence-corrected chi connectivity index (χ3v) is 6.92. The van der Waals surface area contributed by atoms with Crippen molar-refractivity contribution in [2.75, 3.05) is 0 Å². The first kappa shape index (κ1) is 21.1. The number of fused-ring (bicyclic) bond motifs is 3. The van der Waals surface area contributed by atoms with Crippen molar-refractivity contribution >= 4 is 14.1 Å². The molecule has 1 aliphatic rings. The van der Waals surface area contributed by atoms with Crippen molar-refractivity contribution in [2.45, 2.75) is 58.5 Å². The summed E-state index contributed by atoms with van der Waals surface area (Å²) in [7, 11) is 0.189. The molecule has 30 heavy (non-hydrogen) atoms. The molecule has 0 amide bonds. The van der Waals surface area contributed by atoms with E-state index in [9.17, 15) is 5.11 Å². The lowest BCUT2D eigenvalue weighted by atomic mass is 9.78. The second-order valence-electron chi connectivity index (χ2n) is 10.2. The lowest BCUT2D eigenvalue weighted by Crippen LogP contribution is -2.20. The number of para-hydroxylation sites is 1. The monoisotopic (exact) mass is 418 g/mol. The summed E-state index contributed by atoms with van der Waals surface area (Å²) >= 11 is 0. The first-order valence-electron chi connectivity index (χ1n) is 10.5. The van der Waals surface area contributed by atoms with Gasteiger partial charge in [0.15, 0.2) is 0 Å². The average Bonchev–Trinajstić information content (AvgIpc) is 2.71. The number of hydrogen-bond acceptors (Lipinski definition) is 2. The Kier molecular flexibility index (Phi) is 5.29. The largest absolute Gasteiger partial charge is 0.472 e.